The van der Waals surface area contributed by atoms with E-state index in [0.29, 0.717) is 0 Å². The Balaban J connectivity index is 1.52. The van der Waals surface area contributed by atoms with Gasteiger partial charge >= 0.3 is 0 Å². The Bertz CT molecular complexity index is 1610. The minimum absolute atomic E-state index is 0.261. The largest absolute Gasteiger partial charge is 0.311 e. The number of nitrogens with zero attached hydrogens (tertiary/aromatic N) is 2. The third-order valence-electron chi connectivity index (χ3n) is 8.47. The summed E-state index contributed by atoms with van der Waals surface area (Å²) in [7, 11) is 0. The maximum atomic E-state index is 2.51. The molecule has 0 N–H and O–H groups in total. The van der Waals surface area contributed by atoms with Gasteiger partial charge in [0.2, 0.25) is 0 Å². The van der Waals surface area contributed by atoms with Crippen LogP contribution in [-0.2, 0) is 6.42 Å². The summed E-state index contributed by atoms with van der Waals surface area (Å²) in [5.41, 5.74) is 18.7. The molecule has 5 aromatic rings. The van der Waals surface area contributed by atoms with E-state index in [1.54, 1.807) is 0 Å². The van der Waals surface area contributed by atoms with E-state index in [0.717, 1.165) is 6.42 Å². The molecule has 5 aromatic carbocycles. The SMILES string of the molecule is CCc1cc2c3c(c1)N(c1ccc(C)cc1)c1cccc4c1B3c1c-4cccc1N2c1ccc(C)cc1. The molecule has 0 saturated heterocycles. The number of hydrogen-bond acceptors (Lipinski definition) is 2. The number of hydrogen-bond donors (Lipinski definition) is 0. The van der Waals surface area contributed by atoms with Gasteiger partial charge in [-0.05, 0) is 102 Å². The topological polar surface area (TPSA) is 6.48 Å². The number of benzene rings is 5. The normalized spacial score (nSPS) is 13.8. The van der Waals surface area contributed by atoms with Gasteiger partial charge in [-0.1, -0.05) is 66.6 Å². The molecule has 0 aromatic heterocycles. The fourth-order valence-electron chi connectivity index (χ4n) is 6.76. The van der Waals surface area contributed by atoms with Gasteiger partial charge in [-0.25, -0.2) is 0 Å². The molecule has 0 fully saturated rings. The van der Waals surface area contributed by atoms with Crippen molar-refractivity contribution in [3.05, 3.63) is 114 Å². The molecule has 0 atom stereocenters. The van der Waals surface area contributed by atoms with Crippen molar-refractivity contribution in [3.8, 4) is 11.1 Å². The third-order valence-corrected chi connectivity index (χ3v) is 8.47. The summed E-state index contributed by atoms with van der Waals surface area (Å²) in [6.45, 7) is 6.85. The summed E-state index contributed by atoms with van der Waals surface area (Å²) in [6.07, 6.45) is 0.994. The smallest absolute Gasteiger partial charge is 0.253 e. The fourth-order valence-corrected chi connectivity index (χ4v) is 6.76. The average Bonchev–Trinajstić information content (AvgIpc) is 3.27. The maximum Gasteiger partial charge on any atom is 0.253 e. The second kappa shape index (κ2) is 7.39. The second-order valence-corrected chi connectivity index (χ2v) is 10.7. The monoisotopic (exact) mass is 474 g/mol. The van der Waals surface area contributed by atoms with Crippen LogP contribution >= 0.6 is 0 Å². The summed E-state index contributed by atoms with van der Waals surface area (Å²) in [6, 6.07) is 36.6. The second-order valence-electron chi connectivity index (χ2n) is 10.7. The molecule has 0 unspecified atom stereocenters. The molecule has 37 heavy (non-hydrogen) atoms. The lowest BCUT2D eigenvalue weighted by Gasteiger charge is -2.43. The van der Waals surface area contributed by atoms with Crippen LogP contribution in [0.3, 0.4) is 0 Å². The summed E-state index contributed by atoms with van der Waals surface area (Å²) >= 11 is 0. The Kier molecular flexibility index (Phi) is 4.18. The average molecular weight is 474 g/mol. The first-order chi connectivity index (χ1) is 18.1. The van der Waals surface area contributed by atoms with Gasteiger partial charge in [0.15, 0.2) is 0 Å². The predicted octanol–water partition coefficient (Wildman–Crippen LogP) is 6.93. The molecular weight excluding hydrogens is 447 g/mol. The van der Waals surface area contributed by atoms with E-state index in [9.17, 15) is 0 Å². The van der Waals surface area contributed by atoms with Crippen LogP contribution in [0.5, 0.6) is 0 Å². The van der Waals surface area contributed by atoms with Crippen molar-refractivity contribution in [1.82, 2.24) is 0 Å². The van der Waals surface area contributed by atoms with Crippen LogP contribution in [0.15, 0.2) is 97.1 Å². The summed E-state index contributed by atoms with van der Waals surface area (Å²) in [5, 5.41) is 0. The highest BCUT2D eigenvalue weighted by molar-refractivity contribution is 7.03. The molecule has 0 amide bonds. The highest BCUT2D eigenvalue weighted by atomic mass is 15.2. The van der Waals surface area contributed by atoms with Crippen LogP contribution in [0, 0.1) is 13.8 Å². The zero-order valence-corrected chi connectivity index (χ0v) is 21.4. The van der Waals surface area contributed by atoms with Gasteiger partial charge in [0, 0.05) is 34.1 Å². The van der Waals surface area contributed by atoms with E-state index in [2.05, 4.69) is 128 Å². The van der Waals surface area contributed by atoms with Crippen LogP contribution in [-0.4, -0.2) is 6.71 Å². The molecular formula is C34H27BN2. The van der Waals surface area contributed by atoms with E-state index < -0.39 is 0 Å². The first-order valence-electron chi connectivity index (χ1n) is 13.3. The Morgan fingerprint density at radius 2 is 1.00 bits per heavy atom. The van der Waals surface area contributed by atoms with Crippen molar-refractivity contribution in [2.24, 2.45) is 0 Å². The Labute approximate surface area is 218 Å². The quantitative estimate of drug-likeness (QED) is 0.256. The molecule has 0 aliphatic carbocycles. The van der Waals surface area contributed by atoms with Gasteiger partial charge in [-0.15, -0.1) is 0 Å². The Morgan fingerprint density at radius 3 is 1.43 bits per heavy atom. The first-order valence-corrected chi connectivity index (χ1v) is 13.3. The number of fused-ring (bicyclic) bond motifs is 1. The van der Waals surface area contributed by atoms with E-state index in [4.69, 9.17) is 0 Å². The number of anilines is 6. The van der Waals surface area contributed by atoms with E-state index in [1.807, 2.05) is 0 Å². The highest BCUT2D eigenvalue weighted by Gasteiger charge is 2.48. The van der Waals surface area contributed by atoms with Crippen molar-refractivity contribution < 1.29 is 0 Å². The summed E-state index contributed by atoms with van der Waals surface area (Å²) in [4.78, 5) is 5.02. The summed E-state index contributed by atoms with van der Waals surface area (Å²) < 4.78 is 0. The van der Waals surface area contributed by atoms with Crippen LogP contribution in [0.25, 0.3) is 11.1 Å². The van der Waals surface area contributed by atoms with Gasteiger partial charge in [0.25, 0.3) is 6.71 Å². The molecule has 8 rings (SSSR count). The minimum Gasteiger partial charge on any atom is -0.311 e. The van der Waals surface area contributed by atoms with Crippen LogP contribution in [0.4, 0.5) is 34.1 Å². The summed E-state index contributed by atoms with van der Waals surface area (Å²) in [5.74, 6) is 0. The lowest BCUT2D eigenvalue weighted by Crippen LogP contribution is -2.59. The zero-order chi connectivity index (χ0) is 24.8. The van der Waals surface area contributed by atoms with Crippen molar-refractivity contribution in [1.29, 1.82) is 0 Å². The first kappa shape index (κ1) is 20.9. The molecule has 0 spiro atoms. The van der Waals surface area contributed by atoms with E-state index in [-0.39, 0.29) is 6.71 Å². The Morgan fingerprint density at radius 1 is 0.541 bits per heavy atom. The van der Waals surface area contributed by atoms with E-state index in [1.165, 1.54) is 78.3 Å². The van der Waals surface area contributed by atoms with Gasteiger partial charge in [-0.3, -0.25) is 0 Å². The van der Waals surface area contributed by atoms with Gasteiger partial charge in [0.05, 0.1) is 0 Å². The standard InChI is InChI=1S/C34H27BN2/c1-4-23-19-30-34-31(20-23)37(25-17-13-22(3)14-18-25)29-10-6-8-27-26-7-5-9-28(32(26)35(34)33(27)29)36(30)24-15-11-21(2)12-16-24/h5-20H,4H2,1-3H3. The van der Waals surface area contributed by atoms with Crippen molar-refractivity contribution in [3.63, 3.8) is 0 Å². The molecule has 3 aliphatic heterocycles. The minimum atomic E-state index is 0.261. The van der Waals surface area contributed by atoms with Crippen molar-refractivity contribution in [2.75, 3.05) is 9.80 Å². The predicted molar refractivity (Wildman–Crippen MR) is 158 cm³/mol. The van der Waals surface area contributed by atoms with Crippen LogP contribution < -0.4 is 26.2 Å². The highest BCUT2D eigenvalue weighted by Crippen LogP contribution is 2.48. The van der Waals surface area contributed by atoms with Gasteiger partial charge in [-0.2, -0.15) is 0 Å². The molecule has 3 heteroatoms. The molecule has 0 saturated carbocycles. The molecule has 176 valence electrons. The molecule has 3 heterocycles. The maximum absolute atomic E-state index is 2.51. The van der Waals surface area contributed by atoms with Crippen LogP contribution in [0.2, 0.25) is 0 Å². The molecule has 0 bridgehead atoms. The molecule has 0 radical (unpaired) electrons. The van der Waals surface area contributed by atoms with Crippen molar-refractivity contribution >= 4 is 57.2 Å². The third kappa shape index (κ3) is 2.72. The fraction of sp³-hybridized carbons (Fsp3) is 0.118. The number of rotatable bonds is 3. The lowest BCUT2D eigenvalue weighted by atomic mass is 9.35. The molecule has 3 aliphatic rings. The lowest BCUT2D eigenvalue weighted by molar-refractivity contribution is 1.13. The van der Waals surface area contributed by atoms with Gasteiger partial charge in [0.1, 0.15) is 0 Å². The van der Waals surface area contributed by atoms with Gasteiger partial charge < -0.3 is 9.80 Å². The van der Waals surface area contributed by atoms with Crippen LogP contribution in [0.1, 0.15) is 23.6 Å². The Hall–Kier alpha value is -4.24. The van der Waals surface area contributed by atoms with E-state index >= 15 is 0 Å². The zero-order valence-electron chi connectivity index (χ0n) is 21.4. The number of aryl methyl sites for hydroxylation is 3. The molecule has 2 nitrogen and oxygen atoms in total. The van der Waals surface area contributed by atoms with Crippen molar-refractivity contribution in [2.45, 2.75) is 27.2 Å².